The highest BCUT2D eigenvalue weighted by Gasteiger charge is 2.21. The zero-order valence-corrected chi connectivity index (χ0v) is 10.5. The average Bonchev–Trinajstić information content (AvgIpc) is 2.28. The second-order valence-corrected chi connectivity index (χ2v) is 4.49. The Bertz CT molecular complexity index is 273. The largest absolute Gasteiger partial charge is 0.481 e. The Morgan fingerprint density at radius 1 is 1.24 bits per heavy atom. The number of nitrogens with zero attached hydrogens (tertiary/aromatic N) is 2. The van der Waals surface area contributed by atoms with Gasteiger partial charge in [-0.05, 0) is 13.8 Å². The highest BCUT2D eigenvalue weighted by Crippen LogP contribution is 2.05. The van der Waals surface area contributed by atoms with Crippen molar-refractivity contribution in [2.75, 3.05) is 32.7 Å². The molecule has 1 fully saturated rings. The van der Waals surface area contributed by atoms with Crippen LogP contribution in [0.1, 0.15) is 20.3 Å². The fourth-order valence-electron chi connectivity index (χ4n) is 1.83. The number of amides is 2. The second-order valence-electron chi connectivity index (χ2n) is 4.49. The summed E-state index contributed by atoms with van der Waals surface area (Å²) in [6, 6.07) is 0.349. The molecule has 0 aromatic rings. The molecule has 1 saturated heterocycles. The highest BCUT2D eigenvalue weighted by molar-refractivity contribution is 5.75. The number of carbonyl (C=O) groups is 2. The summed E-state index contributed by atoms with van der Waals surface area (Å²) in [7, 11) is 0. The monoisotopic (exact) mass is 243 g/mol. The zero-order chi connectivity index (χ0) is 12.8. The molecule has 0 radical (unpaired) electrons. The number of rotatable bonds is 4. The van der Waals surface area contributed by atoms with Crippen LogP contribution in [0.5, 0.6) is 0 Å². The van der Waals surface area contributed by atoms with Crippen LogP contribution in [0.3, 0.4) is 0 Å². The number of carbonyl (C=O) groups excluding carboxylic acids is 1. The van der Waals surface area contributed by atoms with Crippen LogP contribution in [0.15, 0.2) is 0 Å². The van der Waals surface area contributed by atoms with Crippen molar-refractivity contribution in [1.82, 2.24) is 15.1 Å². The molecular formula is C11H21N3O3. The van der Waals surface area contributed by atoms with Gasteiger partial charge in [-0.15, -0.1) is 0 Å². The Morgan fingerprint density at radius 3 is 2.29 bits per heavy atom. The molecule has 2 N–H and O–H groups in total. The van der Waals surface area contributed by atoms with Crippen molar-refractivity contribution in [2.45, 2.75) is 26.3 Å². The third-order valence-corrected chi connectivity index (χ3v) is 2.95. The minimum absolute atomic E-state index is 0.0301. The maximum atomic E-state index is 11.7. The molecule has 17 heavy (non-hydrogen) atoms. The van der Waals surface area contributed by atoms with Crippen LogP contribution in [0.4, 0.5) is 4.79 Å². The summed E-state index contributed by atoms with van der Waals surface area (Å²) < 4.78 is 0. The lowest BCUT2D eigenvalue weighted by molar-refractivity contribution is -0.136. The number of piperazine rings is 1. The molecule has 6 nitrogen and oxygen atoms in total. The molecule has 98 valence electrons. The molecule has 0 atom stereocenters. The van der Waals surface area contributed by atoms with Gasteiger partial charge in [-0.2, -0.15) is 0 Å². The van der Waals surface area contributed by atoms with Crippen LogP contribution < -0.4 is 5.32 Å². The van der Waals surface area contributed by atoms with Crippen molar-refractivity contribution in [1.29, 1.82) is 0 Å². The molecule has 1 heterocycles. The highest BCUT2D eigenvalue weighted by atomic mass is 16.4. The first-order valence-corrected chi connectivity index (χ1v) is 5.99. The van der Waals surface area contributed by atoms with Gasteiger partial charge in [0.2, 0.25) is 0 Å². The molecule has 6 heteroatoms. The minimum atomic E-state index is -0.894. The standard InChI is InChI=1S/C11H21N3O3/c1-9(2)13-5-7-14(8-6-13)11(17)12-4-3-10(15)16/h9H,3-8H2,1-2H3,(H,12,17)(H,15,16). The number of carboxylic acid groups (broad SMARTS) is 1. The Balaban J connectivity index is 2.24. The molecule has 1 aliphatic rings. The van der Waals surface area contributed by atoms with Gasteiger partial charge < -0.3 is 15.3 Å². The lowest BCUT2D eigenvalue weighted by Gasteiger charge is -2.36. The molecule has 0 unspecified atom stereocenters. The van der Waals surface area contributed by atoms with E-state index in [1.165, 1.54) is 0 Å². The van der Waals surface area contributed by atoms with E-state index in [9.17, 15) is 9.59 Å². The summed E-state index contributed by atoms with van der Waals surface area (Å²) in [6.45, 7) is 7.64. The first-order chi connectivity index (χ1) is 8.00. The van der Waals surface area contributed by atoms with Crippen LogP contribution >= 0.6 is 0 Å². The third kappa shape index (κ3) is 4.60. The van der Waals surface area contributed by atoms with E-state index in [1.54, 1.807) is 4.90 Å². The number of nitrogens with one attached hydrogen (secondary N) is 1. The SMILES string of the molecule is CC(C)N1CCN(C(=O)NCCC(=O)O)CC1. The first-order valence-electron chi connectivity index (χ1n) is 5.99. The number of urea groups is 1. The summed E-state index contributed by atoms with van der Waals surface area (Å²) in [4.78, 5) is 26.0. The van der Waals surface area contributed by atoms with Crippen molar-refractivity contribution in [3.05, 3.63) is 0 Å². The summed E-state index contributed by atoms with van der Waals surface area (Å²) in [5.41, 5.74) is 0. The van der Waals surface area contributed by atoms with Crippen LogP contribution in [0, 0.1) is 0 Å². The summed E-state index contributed by atoms with van der Waals surface area (Å²) in [5.74, 6) is -0.894. The molecule has 2 amide bonds. The Kier molecular flexibility index (Phi) is 5.21. The Hall–Kier alpha value is -1.30. The number of hydrogen-bond donors (Lipinski definition) is 2. The summed E-state index contributed by atoms with van der Waals surface area (Å²) in [6.07, 6.45) is -0.0301. The van der Waals surface area contributed by atoms with Gasteiger partial charge in [-0.3, -0.25) is 9.69 Å². The summed E-state index contributed by atoms with van der Waals surface area (Å²) in [5, 5.41) is 11.1. The lowest BCUT2D eigenvalue weighted by atomic mass is 10.2. The van der Waals surface area contributed by atoms with E-state index in [2.05, 4.69) is 24.1 Å². The molecule has 1 rings (SSSR count). The van der Waals surface area contributed by atoms with Crippen molar-refractivity contribution >= 4 is 12.0 Å². The number of aliphatic carboxylic acids is 1. The minimum Gasteiger partial charge on any atom is -0.481 e. The van der Waals surface area contributed by atoms with E-state index in [-0.39, 0.29) is 19.0 Å². The average molecular weight is 243 g/mol. The molecule has 0 spiro atoms. The van der Waals surface area contributed by atoms with Gasteiger partial charge in [-0.1, -0.05) is 0 Å². The molecule has 0 saturated carbocycles. The predicted molar refractivity (Wildman–Crippen MR) is 63.9 cm³/mol. The topological polar surface area (TPSA) is 72.9 Å². The normalized spacial score (nSPS) is 17.2. The van der Waals surface area contributed by atoms with Gasteiger partial charge in [0.05, 0.1) is 6.42 Å². The zero-order valence-electron chi connectivity index (χ0n) is 10.5. The molecule has 0 bridgehead atoms. The molecule has 1 aliphatic heterocycles. The second kappa shape index (κ2) is 6.44. The maximum absolute atomic E-state index is 11.7. The smallest absolute Gasteiger partial charge is 0.317 e. The van der Waals surface area contributed by atoms with Crippen LogP contribution in [-0.2, 0) is 4.79 Å². The van der Waals surface area contributed by atoms with Gasteiger partial charge in [-0.25, -0.2) is 4.79 Å². The predicted octanol–water partition coefficient (Wildman–Crippen LogP) is 0.197. The Morgan fingerprint density at radius 2 is 1.82 bits per heavy atom. The van der Waals surface area contributed by atoms with E-state index in [0.29, 0.717) is 19.1 Å². The number of hydrogen-bond acceptors (Lipinski definition) is 3. The van der Waals surface area contributed by atoms with Crippen molar-refractivity contribution in [3.63, 3.8) is 0 Å². The van der Waals surface area contributed by atoms with E-state index in [4.69, 9.17) is 5.11 Å². The lowest BCUT2D eigenvalue weighted by Crippen LogP contribution is -2.53. The van der Waals surface area contributed by atoms with E-state index < -0.39 is 5.97 Å². The van der Waals surface area contributed by atoms with Gasteiger partial charge in [0.1, 0.15) is 0 Å². The van der Waals surface area contributed by atoms with Gasteiger partial charge in [0, 0.05) is 38.8 Å². The molecule has 0 aromatic carbocycles. The quantitative estimate of drug-likeness (QED) is 0.739. The number of carboxylic acids is 1. The molecular weight excluding hydrogens is 222 g/mol. The van der Waals surface area contributed by atoms with Crippen molar-refractivity contribution in [3.8, 4) is 0 Å². The summed E-state index contributed by atoms with van der Waals surface area (Å²) >= 11 is 0. The van der Waals surface area contributed by atoms with Crippen molar-refractivity contribution < 1.29 is 14.7 Å². The van der Waals surface area contributed by atoms with Crippen LogP contribution in [0.25, 0.3) is 0 Å². The van der Waals surface area contributed by atoms with Crippen LogP contribution in [0.2, 0.25) is 0 Å². The van der Waals surface area contributed by atoms with Crippen LogP contribution in [-0.4, -0.2) is 65.7 Å². The Labute approximate surface area is 102 Å². The van der Waals surface area contributed by atoms with E-state index >= 15 is 0 Å². The van der Waals surface area contributed by atoms with E-state index in [0.717, 1.165) is 13.1 Å². The van der Waals surface area contributed by atoms with E-state index in [1.807, 2.05) is 0 Å². The third-order valence-electron chi connectivity index (χ3n) is 2.95. The van der Waals surface area contributed by atoms with Gasteiger partial charge in [0.25, 0.3) is 0 Å². The first kappa shape index (κ1) is 13.8. The van der Waals surface area contributed by atoms with Gasteiger partial charge in [0.15, 0.2) is 0 Å². The maximum Gasteiger partial charge on any atom is 0.317 e. The van der Waals surface area contributed by atoms with Gasteiger partial charge >= 0.3 is 12.0 Å². The molecule has 0 aromatic heterocycles. The fraction of sp³-hybridized carbons (Fsp3) is 0.818. The van der Waals surface area contributed by atoms with Crippen molar-refractivity contribution in [2.24, 2.45) is 0 Å². The fourth-order valence-corrected chi connectivity index (χ4v) is 1.83. The molecule has 0 aliphatic carbocycles.